The van der Waals surface area contributed by atoms with Crippen molar-refractivity contribution in [1.82, 2.24) is 5.32 Å². The van der Waals surface area contributed by atoms with E-state index in [0.717, 1.165) is 6.07 Å². The maximum Gasteiger partial charge on any atom is 0.151 e. The standard InChI is InChI=1S/C13H19F2NO2S/c1-2-6-19(17,18)7-5-16-4-3-11-8-12(14)10-13(15)9-11/h8-10,16H,2-7H2,1H3. The Labute approximate surface area is 112 Å². The van der Waals surface area contributed by atoms with Crippen LogP contribution in [0.25, 0.3) is 0 Å². The van der Waals surface area contributed by atoms with E-state index in [2.05, 4.69) is 5.32 Å². The Hall–Kier alpha value is -1.01. The number of halogens is 2. The molecule has 0 saturated carbocycles. The molecule has 0 spiro atoms. The van der Waals surface area contributed by atoms with Crippen molar-refractivity contribution < 1.29 is 17.2 Å². The summed E-state index contributed by atoms with van der Waals surface area (Å²) in [5.74, 6) is -0.900. The fourth-order valence-corrected chi connectivity index (χ4v) is 3.04. The second-order valence-electron chi connectivity index (χ2n) is 4.43. The Bertz CT molecular complexity index is 483. The highest BCUT2D eigenvalue weighted by molar-refractivity contribution is 7.91. The summed E-state index contributed by atoms with van der Waals surface area (Å²) < 4.78 is 48.6. The van der Waals surface area contributed by atoms with E-state index in [-0.39, 0.29) is 11.5 Å². The maximum atomic E-state index is 12.9. The summed E-state index contributed by atoms with van der Waals surface area (Å²) >= 11 is 0. The highest BCUT2D eigenvalue weighted by Crippen LogP contribution is 2.08. The zero-order chi connectivity index (χ0) is 14.3. The van der Waals surface area contributed by atoms with Gasteiger partial charge in [0.25, 0.3) is 0 Å². The zero-order valence-electron chi connectivity index (χ0n) is 11.0. The lowest BCUT2D eigenvalue weighted by atomic mass is 10.1. The van der Waals surface area contributed by atoms with Crippen LogP contribution in [0.5, 0.6) is 0 Å². The molecule has 0 saturated heterocycles. The molecule has 0 amide bonds. The van der Waals surface area contributed by atoms with Crippen molar-refractivity contribution in [3.63, 3.8) is 0 Å². The SMILES string of the molecule is CCCS(=O)(=O)CCNCCc1cc(F)cc(F)c1. The van der Waals surface area contributed by atoms with Gasteiger partial charge in [-0.1, -0.05) is 6.92 Å². The average molecular weight is 291 g/mol. The first-order chi connectivity index (χ1) is 8.93. The van der Waals surface area contributed by atoms with E-state index in [1.165, 1.54) is 12.1 Å². The molecule has 1 rings (SSSR count). The first-order valence-corrected chi connectivity index (χ1v) is 8.11. The van der Waals surface area contributed by atoms with Gasteiger partial charge >= 0.3 is 0 Å². The van der Waals surface area contributed by atoms with Crippen molar-refractivity contribution in [2.75, 3.05) is 24.6 Å². The van der Waals surface area contributed by atoms with Gasteiger partial charge in [0.05, 0.1) is 5.75 Å². The molecular formula is C13H19F2NO2S. The molecule has 0 aliphatic carbocycles. The van der Waals surface area contributed by atoms with E-state index < -0.39 is 21.5 Å². The van der Waals surface area contributed by atoms with E-state index in [4.69, 9.17) is 0 Å². The van der Waals surface area contributed by atoms with Gasteiger partial charge in [-0.05, 0) is 37.1 Å². The number of rotatable bonds is 8. The molecule has 0 heterocycles. The minimum Gasteiger partial charge on any atom is -0.315 e. The highest BCUT2D eigenvalue weighted by atomic mass is 32.2. The van der Waals surface area contributed by atoms with E-state index >= 15 is 0 Å². The van der Waals surface area contributed by atoms with Gasteiger partial charge in [-0.3, -0.25) is 0 Å². The fraction of sp³-hybridized carbons (Fsp3) is 0.538. The smallest absolute Gasteiger partial charge is 0.151 e. The molecule has 0 bridgehead atoms. The first-order valence-electron chi connectivity index (χ1n) is 6.29. The molecule has 19 heavy (non-hydrogen) atoms. The fourth-order valence-electron chi connectivity index (χ4n) is 1.75. The van der Waals surface area contributed by atoms with Crippen molar-refractivity contribution in [3.05, 3.63) is 35.4 Å². The van der Waals surface area contributed by atoms with Crippen molar-refractivity contribution in [1.29, 1.82) is 0 Å². The highest BCUT2D eigenvalue weighted by Gasteiger charge is 2.08. The molecule has 0 fully saturated rings. The van der Waals surface area contributed by atoms with Crippen molar-refractivity contribution in [3.8, 4) is 0 Å². The van der Waals surface area contributed by atoms with Gasteiger partial charge < -0.3 is 5.32 Å². The molecule has 0 aliphatic heterocycles. The molecule has 1 aromatic rings. The van der Waals surface area contributed by atoms with Crippen LogP contribution in [-0.4, -0.2) is 33.0 Å². The summed E-state index contributed by atoms with van der Waals surface area (Å²) in [5.41, 5.74) is 0.557. The van der Waals surface area contributed by atoms with Gasteiger partial charge in [-0.15, -0.1) is 0 Å². The van der Waals surface area contributed by atoms with E-state index in [1.54, 1.807) is 0 Å². The minimum absolute atomic E-state index is 0.0956. The third kappa shape index (κ3) is 6.63. The largest absolute Gasteiger partial charge is 0.315 e. The van der Waals surface area contributed by atoms with Crippen LogP contribution < -0.4 is 5.32 Å². The Morgan fingerprint density at radius 2 is 1.68 bits per heavy atom. The van der Waals surface area contributed by atoms with E-state index in [1.807, 2.05) is 6.92 Å². The number of benzene rings is 1. The van der Waals surface area contributed by atoms with E-state index in [0.29, 0.717) is 31.5 Å². The van der Waals surface area contributed by atoms with Gasteiger partial charge in [0.2, 0.25) is 0 Å². The summed E-state index contributed by atoms with van der Waals surface area (Å²) in [7, 11) is -2.97. The molecule has 0 aliphatic rings. The Morgan fingerprint density at radius 3 is 2.26 bits per heavy atom. The van der Waals surface area contributed by atoms with Gasteiger partial charge in [0, 0.05) is 18.4 Å². The van der Waals surface area contributed by atoms with Crippen LogP contribution in [0.3, 0.4) is 0 Å². The van der Waals surface area contributed by atoms with Crippen LogP contribution in [0.1, 0.15) is 18.9 Å². The van der Waals surface area contributed by atoms with Crippen LogP contribution in [0.4, 0.5) is 8.78 Å². The van der Waals surface area contributed by atoms with Crippen molar-refractivity contribution in [2.45, 2.75) is 19.8 Å². The average Bonchev–Trinajstić information content (AvgIpc) is 2.26. The van der Waals surface area contributed by atoms with Gasteiger partial charge in [0.15, 0.2) is 9.84 Å². The quantitative estimate of drug-likeness (QED) is 0.744. The monoisotopic (exact) mass is 291 g/mol. The Morgan fingerprint density at radius 1 is 1.05 bits per heavy atom. The predicted octanol–water partition coefficient (Wildman–Crippen LogP) is 1.92. The number of hydrogen-bond acceptors (Lipinski definition) is 3. The lowest BCUT2D eigenvalue weighted by Gasteiger charge is -2.06. The molecular weight excluding hydrogens is 272 g/mol. The van der Waals surface area contributed by atoms with Gasteiger partial charge in [0.1, 0.15) is 11.6 Å². The lowest BCUT2D eigenvalue weighted by Crippen LogP contribution is -2.26. The Balaban J connectivity index is 2.28. The van der Waals surface area contributed by atoms with Crippen LogP contribution >= 0.6 is 0 Å². The minimum atomic E-state index is -2.97. The number of sulfone groups is 1. The third-order valence-electron chi connectivity index (χ3n) is 2.62. The van der Waals surface area contributed by atoms with Crippen molar-refractivity contribution >= 4 is 9.84 Å². The maximum absolute atomic E-state index is 12.9. The molecule has 0 radical (unpaired) electrons. The number of nitrogens with one attached hydrogen (secondary N) is 1. The second kappa shape index (κ2) is 7.55. The Kier molecular flexibility index (Phi) is 6.37. The molecule has 3 nitrogen and oxygen atoms in total. The molecule has 6 heteroatoms. The van der Waals surface area contributed by atoms with Crippen LogP contribution in [0.15, 0.2) is 18.2 Å². The summed E-state index contributed by atoms with van der Waals surface area (Å²) in [6, 6.07) is 3.38. The molecule has 1 N–H and O–H groups in total. The molecule has 108 valence electrons. The van der Waals surface area contributed by atoms with Gasteiger partial charge in [-0.25, -0.2) is 17.2 Å². The summed E-state index contributed by atoms with van der Waals surface area (Å²) in [6.45, 7) is 2.67. The summed E-state index contributed by atoms with van der Waals surface area (Å²) in [4.78, 5) is 0. The zero-order valence-corrected chi connectivity index (χ0v) is 11.8. The predicted molar refractivity (Wildman–Crippen MR) is 71.9 cm³/mol. The van der Waals surface area contributed by atoms with Gasteiger partial charge in [-0.2, -0.15) is 0 Å². The topological polar surface area (TPSA) is 46.2 Å². The molecule has 1 aromatic carbocycles. The lowest BCUT2D eigenvalue weighted by molar-refractivity contribution is 0.577. The first kappa shape index (κ1) is 16.0. The van der Waals surface area contributed by atoms with Crippen LogP contribution in [0.2, 0.25) is 0 Å². The second-order valence-corrected chi connectivity index (χ2v) is 6.73. The normalized spacial score (nSPS) is 11.7. The summed E-state index contributed by atoms with van der Waals surface area (Å²) in [6.07, 6.45) is 1.08. The molecule has 0 aromatic heterocycles. The molecule has 0 atom stereocenters. The molecule has 0 unspecified atom stereocenters. The van der Waals surface area contributed by atoms with Crippen molar-refractivity contribution in [2.24, 2.45) is 0 Å². The third-order valence-corrected chi connectivity index (χ3v) is 4.47. The van der Waals surface area contributed by atoms with E-state index in [9.17, 15) is 17.2 Å². The van der Waals surface area contributed by atoms with Crippen LogP contribution in [0, 0.1) is 11.6 Å². The van der Waals surface area contributed by atoms with Crippen LogP contribution in [-0.2, 0) is 16.3 Å². The number of hydrogen-bond donors (Lipinski definition) is 1. The summed E-state index contributed by atoms with van der Waals surface area (Å²) in [5, 5.41) is 2.96.